The Morgan fingerprint density at radius 3 is 3.00 bits per heavy atom. The third-order valence-corrected chi connectivity index (χ3v) is 2.59. The minimum Gasteiger partial charge on any atom is -0.478 e. The minimum atomic E-state index is 0.595. The van der Waals surface area contributed by atoms with Crippen LogP contribution in [0, 0.1) is 6.92 Å². The zero-order valence-corrected chi connectivity index (χ0v) is 11.3. The van der Waals surface area contributed by atoms with Crippen LogP contribution in [0.5, 0.6) is 5.88 Å². The van der Waals surface area contributed by atoms with Gasteiger partial charge in [0.25, 0.3) is 0 Å². The molecule has 0 amide bonds. The Bertz CT molecular complexity index is 497. The zero-order chi connectivity index (χ0) is 13.5. The highest BCUT2D eigenvalue weighted by molar-refractivity contribution is 5.38. The molecule has 0 saturated heterocycles. The van der Waals surface area contributed by atoms with E-state index in [1.54, 1.807) is 6.26 Å². The molecule has 102 valence electrons. The molecule has 0 spiro atoms. The fraction of sp³-hybridized carbons (Fsp3) is 0.429. The molecule has 0 atom stereocenters. The third kappa shape index (κ3) is 4.28. The number of hydrogen-bond acceptors (Lipinski definition) is 5. The molecule has 0 aliphatic heterocycles. The highest BCUT2D eigenvalue weighted by Gasteiger charge is 2.03. The molecule has 2 aromatic rings. The highest BCUT2D eigenvalue weighted by atomic mass is 16.5. The number of hydrogen-bond donors (Lipinski definition) is 1. The molecule has 0 unspecified atom stereocenters. The van der Waals surface area contributed by atoms with Crippen molar-refractivity contribution in [2.45, 2.75) is 33.2 Å². The van der Waals surface area contributed by atoms with Crippen LogP contribution in [0.25, 0.3) is 0 Å². The number of furan rings is 1. The van der Waals surface area contributed by atoms with Gasteiger partial charge in [0.15, 0.2) is 0 Å². The van der Waals surface area contributed by atoms with E-state index in [1.807, 2.05) is 25.1 Å². The number of ether oxygens (including phenoxy) is 1. The van der Waals surface area contributed by atoms with Crippen molar-refractivity contribution in [1.82, 2.24) is 9.97 Å². The lowest BCUT2D eigenvalue weighted by Crippen LogP contribution is -2.05. The first kappa shape index (κ1) is 13.4. The molecule has 0 aromatic carbocycles. The van der Waals surface area contributed by atoms with Gasteiger partial charge in [-0.15, -0.1) is 0 Å². The molecular formula is C14H19N3O2. The molecule has 5 heteroatoms. The summed E-state index contributed by atoms with van der Waals surface area (Å²) < 4.78 is 10.8. The Morgan fingerprint density at radius 2 is 2.26 bits per heavy atom. The number of nitrogens with zero attached hydrogens (tertiary/aromatic N) is 2. The van der Waals surface area contributed by atoms with Gasteiger partial charge in [-0.3, -0.25) is 0 Å². The fourth-order valence-electron chi connectivity index (χ4n) is 1.62. The quantitative estimate of drug-likeness (QED) is 0.776. The van der Waals surface area contributed by atoms with Crippen LogP contribution in [0.1, 0.15) is 31.4 Å². The molecule has 0 bridgehead atoms. The number of rotatable bonds is 7. The van der Waals surface area contributed by atoms with Gasteiger partial charge in [-0.25, -0.2) is 4.98 Å². The Morgan fingerprint density at radius 1 is 1.37 bits per heavy atom. The van der Waals surface area contributed by atoms with E-state index in [0.717, 1.165) is 24.4 Å². The van der Waals surface area contributed by atoms with E-state index in [-0.39, 0.29) is 0 Å². The van der Waals surface area contributed by atoms with E-state index in [0.29, 0.717) is 24.9 Å². The first-order chi connectivity index (χ1) is 9.28. The van der Waals surface area contributed by atoms with Gasteiger partial charge in [0.2, 0.25) is 5.88 Å². The van der Waals surface area contributed by atoms with Gasteiger partial charge < -0.3 is 14.5 Å². The van der Waals surface area contributed by atoms with Crippen molar-refractivity contribution >= 4 is 5.82 Å². The van der Waals surface area contributed by atoms with Crippen LogP contribution in [-0.2, 0) is 6.54 Å². The van der Waals surface area contributed by atoms with Crippen molar-refractivity contribution in [3.05, 3.63) is 36.0 Å². The maximum atomic E-state index is 5.59. The first-order valence-corrected chi connectivity index (χ1v) is 6.52. The smallest absolute Gasteiger partial charge is 0.218 e. The Balaban J connectivity index is 1.95. The van der Waals surface area contributed by atoms with Crippen molar-refractivity contribution in [3.8, 4) is 5.88 Å². The summed E-state index contributed by atoms with van der Waals surface area (Å²) in [7, 11) is 0. The largest absolute Gasteiger partial charge is 0.478 e. The number of aryl methyl sites for hydroxylation is 1. The van der Waals surface area contributed by atoms with E-state index in [2.05, 4.69) is 22.2 Å². The average molecular weight is 261 g/mol. The van der Waals surface area contributed by atoms with Crippen LogP contribution < -0.4 is 10.1 Å². The molecule has 19 heavy (non-hydrogen) atoms. The van der Waals surface area contributed by atoms with E-state index in [9.17, 15) is 0 Å². The van der Waals surface area contributed by atoms with E-state index in [1.165, 1.54) is 0 Å². The highest BCUT2D eigenvalue weighted by Crippen LogP contribution is 2.14. The molecule has 1 N–H and O–H groups in total. The van der Waals surface area contributed by atoms with Crippen LogP contribution >= 0.6 is 0 Å². The summed E-state index contributed by atoms with van der Waals surface area (Å²) in [4.78, 5) is 8.57. The van der Waals surface area contributed by atoms with Gasteiger partial charge in [-0.1, -0.05) is 13.3 Å². The molecule has 0 aliphatic carbocycles. The summed E-state index contributed by atoms with van der Waals surface area (Å²) >= 11 is 0. The third-order valence-electron chi connectivity index (χ3n) is 2.59. The second-order valence-corrected chi connectivity index (χ2v) is 4.27. The number of anilines is 1. The molecule has 0 saturated carbocycles. The second-order valence-electron chi connectivity index (χ2n) is 4.27. The van der Waals surface area contributed by atoms with Crippen LogP contribution in [-0.4, -0.2) is 16.6 Å². The van der Waals surface area contributed by atoms with Crippen molar-refractivity contribution in [1.29, 1.82) is 0 Å². The molecular weight excluding hydrogens is 242 g/mol. The van der Waals surface area contributed by atoms with Crippen molar-refractivity contribution in [2.75, 3.05) is 11.9 Å². The Hall–Kier alpha value is -2.04. The van der Waals surface area contributed by atoms with Gasteiger partial charge in [0, 0.05) is 6.07 Å². The van der Waals surface area contributed by atoms with Gasteiger partial charge in [0.05, 0.1) is 19.4 Å². The zero-order valence-electron chi connectivity index (χ0n) is 11.3. The van der Waals surface area contributed by atoms with E-state index < -0.39 is 0 Å². The normalized spacial score (nSPS) is 10.4. The van der Waals surface area contributed by atoms with Crippen molar-refractivity contribution < 1.29 is 9.15 Å². The fourth-order valence-corrected chi connectivity index (χ4v) is 1.62. The van der Waals surface area contributed by atoms with E-state index >= 15 is 0 Å². The molecule has 0 aliphatic rings. The first-order valence-electron chi connectivity index (χ1n) is 6.52. The summed E-state index contributed by atoms with van der Waals surface area (Å²) in [6.07, 6.45) is 3.79. The summed E-state index contributed by atoms with van der Waals surface area (Å²) in [6, 6.07) is 5.59. The lowest BCUT2D eigenvalue weighted by atomic mass is 10.4. The summed E-state index contributed by atoms with van der Waals surface area (Å²) in [5.74, 6) is 2.92. The summed E-state index contributed by atoms with van der Waals surface area (Å²) in [5, 5.41) is 3.19. The molecule has 2 aromatic heterocycles. The molecule has 0 fully saturated rings. The monoisotopic (exact) mass is 261 g/mol. The van der Waals surface area contributed by atoms with Crippen LogP contribution in [0.2, 0.25) is 0 Å². The number of aromatic nitrogens is 2. The number of unbranched alkanes of at least 4 members (excludes halogenated alkanes) is 1. The average Bonchev–Trinajstić information content (AvgIpc) is 2.89. The van der Waals surface area contributed by atoms with Crippen LogP contribution in [0.3, 0.4) is 0 Å². The molecule has 2 heterocycles. The molecule has 2 rings (SSSR count). The molecule has 0 radical (unpaired) electrons. The van der Waals surface area contributed by atoms with Gasteiger partial charge in [-0.05, 0) is 25.5 Å². The summed E-state index contributed by atoms with van der Waals surface area (Å²) in [5.41, 5.74) is 0. The SMILES string of the molecule is CCCCOc1cc(NCc2ccco2)nc(C)n1. The molecule has 5 nitrogen and oxygen atoms in total. The maximum Gasteiger partial charge on any atom is 0.218 e. The predicted molar refractivity (Wildman–Crippen MR) is 73.2 cm³/mol. The van der Waals surface area contributed by atoms with Gasteiger partial charge in [-0.2, -0.15) is 4.98 Å². The Kier molecular flexibility index (Phi) is 4.78. The maximum absolute atomic E-state index is 5.59. The number of nitrogens with one attached hydrogen (secondary N) is 1. The summed E-state index contributed by atoms with van der Waals surface area (Å²) in [6.45, 7) is 5.26. The minimum absolute atomic E-state index is 0.595. The van der Waals surface area contributed by atoms with Crippen LogP contribution in [0.15, 0.2) is 28.9 Å². The van der Waals surface area contributed by atoms with Crippen molar-refractivity contribution in [2.24, 2.45) is 0 Å². The topological polar surface area (TPSA) is 60.2 Å². The van der Waals surface area contributed by atoms with Gasteiger partial charge >= 0.3 is 0 Å². The Labute approximate surface area is 113 Å². The standard InChI is InChI=1S/C14H19N3O2/c1-3-4-7-19-14-9-13(16-11(2)17-14)15-10-12-6-5-8-18-12/h5-6,8-9H,3-4,7,10H2,1-2H3,(H,15,16,17). The van der Waals surface area contributed by atoms with Crippen LogP contribution in [0.4, 0.5) is 5.82 Å². The second kappa shape index (κ2) is 6.78. The van der Waals surface area contributed by atoms with Gasteiger partial charge in [0.1, 0.15) is 17.4 Å². The van der Waals surface area contributed by atoms with Crippen molar-refractivity contribution in [3.63, 3.8) is 0 Å². The predicted octanol–water partition coefficient (Wildman–Crippen LogP) is 3.17. The lowest BCUT2D eigenvalue weighted by Gasteiger charge is -2.08. The van der Waals surface area contributed by atoms with E-state index in [4.69, 9.17) is 9.15 Å². The lowest BCUT2D eigenvalue weighted by molar-refractivity contribution is 0.296.